The second-order valence-electron chi connectivity index (χ2n) is 2.51. The summed E-state index contributed by atoms with van der Waals surface area (Å²) in [6.07, 6.45) is 0.381. The van der Waals surface area contributed by atoms with Gasteiger partial charge in [-0.15, -0.1) is 0 Å². The molecule has 3 heteroatoms. The minimum atomic E-state index is -1.07. The van der Waals surface area contributed by atoms with E-state index in [2.05, 4.69) is 6.92 Å². The topological polar surface area (TPSA) is 37.3 Å². The Hall–Kier alpha value is 0.734. The van der Waals surface area contributed by atoms with Crippen molar-refractivity contribution in [2.45, 2.75) is 20.0 Å². The summed E-state index contributed by atoms with van der Waals surface area (Å²) in [5.74, 6) is 0. The largest absolute Gasteiger partial charge is 0.539 e. The van der Waals surface area contributed by atoms with E-state index < -0.39 is 11.5 Å². The molecule has 0 aliphatic rings. The summed E-state index contributed by atoms with van der Waals surface area (Å²) in [7, 11) is 0. The molecule has 9 heavy (non-hydrogen) atoms. The molecule has 0 aromatic heterocycles. The molecule has 0 spiro atoms. The van der Waals surface area contributed by atoms with Crippen LogP contribution in [0.5, 0.6) is 0 Å². The van der Waals surface area contributed by atoms with E-state index >= 15 is 0 Å². The van der Waals surface area contributed by atoms with Crippen LogP contribution < -0.4 is 0 Å². The molecule has 1 radical (unpaired) electrons. The second kappa shape index (κ2) is 4.53. The molecule has 0 unspecified atom stereocenters. The van der Waals surface area contributed by atoms with Crippen molar-refractivity contribution in [1.29, 1.82) is 0 Å². The Morgan fingerprint density at radius 3 is 2.00 bits per heavy atom. The molecule has 0 saturated heterocycles. The summed E-state index contributed by atoms with van der Waals surface area (Å²) in [6.45, 7) is 6.87. The van der Waals surface area contributed by atoms with Crippen molar-refractivity contribution in [2.24, 2.45) is 5.41 Å². The van der Waals surface area contributed by atoms with E-state index in [1.54, 1.807) is 13.8 Å². The van der Waals surface area contributed by atoms with Crippen molar-refractivity contribution in [3.8, 4) is 0 Å². The monoisotopic (exact) mass is 203 g/mol. The molecular formula is C6H10O2Y-2. The van der Waals surface area contributed by atoms with Crippen LogP contribution in [0.4, 0.5) is 0 Å². The molecule has 0 aromatic rings. The first-order chi connectivity index (χ1) is 3.48. The molecule has 0 fully saturated rings. The molecule has 0 bridgehead atoms. The van der Waals surface area contributed by atoms with Gasteiger partial charge in [-0.2, -0.15) is 5.41 Å². The average Bonchev–Trinajstić information content (AvgIpc) is 1.62. The maximum atomic E-state index is 9.74. The first-order valence-corrected chi connectivity index (χ1v) is 2.39. The Balaban J connectivity index is 0. The van der Waals surface area contributed by atoms with Crippen molar-refractivity contribution in [2.75, 3.05) is 0 Å². The number of hydrogen-bond acceptors (Lipinski definition) is 2. The van der Waals surface area contributed by atoms with Crippen molar-refractivity contribution in [3.05, 3.63) is 6.92 Å². The van der Waals surface area contributed by atoms with Gasteiger partial charge in [0.15, 0.2) is 0 Å². The molecule has 1 atom stereocenters. The Bertz CT molecular complexity index is 85.5. The minimum Gasteiger partial charge on any atom is -0.539 e. The zero-order valence-corrected chi connectivity index (χ0v) is 8.56. The molecule has 0 heterocycles. The summed E-state index contributed by atoms with van der Waals surface area (Å²) in [5.41, 5.74) is -0.609. The van der Waals surface area contributed by atoms with Gasteiger partial charge in [-0.3, -0.25) is 0 Å². The average molecular weight is 203 g/mol. The fraction of sp³-hybridized carbons (Fsp3) is 0.667. The molecule has 0 amide bonds. The molecular weight excluding hydrogens is 193 g/mol. The van der Waals surface area contributed by atoms with Crippen molar-refractivity contribution < 1.29 is 42.6 Å². The van der Waals surface area contributed by atoms with Crippen LogP contribution >= 0.6 is 0 Å². The second-order valence-corrected chi connectivity index (χ2v) is 2.51. The summed E-state index contributed by atoms with van der Waals surface area (Å²) >= 11 is 0. The predicted octanol–water partition coefficient (Wildman–Crippen LogP) is 0.315. The maximum absolute atomic E-state index is 9.74. The zero-order chi connectivity index (χ0) is 6.78. The Morgan fingerprint density at radius 2 is 2.00 bits per heavy atom. The molecule has 0 aliphatic heterocycles. The van der Waals surface area contributed by atoms with Gasteiger partial charge < -0.3 is 16.8 Å². The predicted molar refractivity (Wildman–Crippen MR) is 30.8 cm³/mol. The Labute approximate surface area is 80.9 Å². The van der Waals surface area contributed by atoms with E-state index in [1.165, 1.54) is 6.29 Å². The number of hydrogen-bond donors (Lipinski definition) is 1. The maximum Gasteiger partial charge on any atom is 0 e. The summed E-state index contributed by atoms with van der Waals surface area (Å²) in [6, 6.07) is 0. The molecule has 2 nitrogen and oxygen atoms in total. The van der Waals surface area contributed by atoms with Gasteiger partial charge in [0.1, 0.15) is 0 Å². The summed E-state index contributed by atoms with van der Waals surface area (Å²) < 4.78 is 0. The van der Waals surface area contributed by atoms with Gasteiger partial charge in [-0.05, 0) is 0 Å². The minimum absolute atomic E-state index is 0. The van der Waals surface area contributed by atoms with Crippen LogP contribution in [0.2, 0.25) is 0 Å². The van der Waals surface area contributed by atoms with Crippen LogP contribution in [0.3, 0.4) is 0 Å². The standard InChI is InChI=1S/C6H10O2.Y/c1-6(2,3)5(8)4-7;/h5,8H,1H2,2-3H3;/q-2;/t5-;/m1./s1. The fourth-order valence-corrected chi connectivity index (χ4v) is 0.160. The Morgan fingerprint density at radius 1 is 1.67 bits per heavy atom. The Kier molecular flexibility index (Phi) is 6.25. The van der Waals surface area contributed by atoms with Gasteiger partial charge in [0, 0.05) is 32.7 Å². The van der Waals surface area contributed by atoms with Gasteiger partial charge >= 0.3 is 0 Å². The van der Waals surface area contributed by atoms with E-state index in [0.717, 1.165) is 0 Å². The van der Waals surface area contributed by atoms with Crippen LogP contribution in [0, 0.1) is 12.3 Å². The van der Waals surface area contributed by atoms with Crippen molar-refractivity contribution in [1.82, 2.24) is 0 Å². The van der Waals surface area contributed by atoms with E-state index in [0.29, 0.717) is 0 Å². The molecule has 51 valence electrons. The van der Waals surface area contributed by atoms with E-state index in [4.69, 9.17) is 5.11 Å². The molecule has 1 N–H and O–H groups in total. The molecule has 0 saturated carbocycles. The van der Waals surface area contributed by atoms with Crippen LogP contribution in [0.15, 0.2) is 0 Å². The van der Waals surface area contributed by atoms with E-state index in [1.807, 2.05) is 0 Å². The van der Waals surface area contributed by atoms with Gasteiger partial charge in [-0.25, -0.2) is 6.29 Å². The van der Waals surface area contributed by atoms with Crippen molar-refractivity contribution >= 4 is 6.29 Å². The number of aliphatic hydroxyl groups is 1. The van der Waals surface area contributed by atoms with E-state index in [9.17, 15) is 4.79 Å². The van der Waals surface area contributed by atoms with Gasteiger partial charge in [-0.1, -0.05) is 20.0 Å². The third-order valence-corrected chi connectivity index (χ3v) is 0.852. The normalized spacial score (nSPS) is 13.8. The first-order valence-electron chi connectivity index (χ1n) is 2.39. The fourth-order valence-electron chi connectivity index (χ4n) is 0.160. The zero-order valence-electron chi connectivity index (χ0n) is 5.72. The van der Waals surface area contributed by atoms with E-state index in [-0.39, 0.29) is 32.7 Å². The van der Waals surface area contributed by atoms with Gasteiger partial charge in [0.25, 0.3) is 0 Å². The summed E-state index contributed by atoms with van der Waals surface area (Å²) in [4.78, 5) is 9.74. The van der Waals surface area contributed by atoms with Crippen LogP contribution in [-0.4, -0.2) is 17.5 Å². The number of carbonyl (C=O) groups excluding carboxylic acids is 1. The SMILES string of the molecule is [CH2-]C(C)(C)[C@H](O)[C-]=O.[Y]. The van der Waals surface area contributed by atoms with Gasteiger partial charge in [0.2, 0.25) is 0 Å². The first kappa shape index (κ1) is 12.4. The van der Waals surface area contributed by atoms with Gasteiger partial charge in [0.05, 0.1) is 0 Å². The number of rotatable bonds is 2. The number of aliphatic hydroxyl groups excluding tert-OH is 1. The summed E-state index contributed by atoms with van der Waals surface area (Å²) in [5, 5.41) is 8.71. The quantitative estimate of drug-likeness (QED) is 0.656. The third kappa shape index (κ3) is 5.19. The molecule has 0 aliphatic carbocycles. The third-order valence-electron chi connectivity index (χ3n) is 0.852. The smallest absolute Gasteiger partial charge is 0 e. The molecule has 0 aromatic carbocycles. The molecule has 0 rings (SSSR count). The van der Waals surface area contributed by atoms with Crippen LogP contribution in [0.1, 0.15) is 13.8 Å². The van der Waals surface area contributed by atoms with Crippen LogP contribution in [-0.2, 0) is 37.5 Å². The van der Waals surface area contributed by atoms with Crippen LogP contribution in [0.25, 0.3) is 0 Å². The van der Waals surface area contributed by atoms with Crippen molar-refractivity contribution in [3.63, 3.8) is 0 Å².